The van der Waals surface area contributed by atoms with Crippen molar-refractivity contribution in [1.29, 1.82) is 0 Å². The van der Waals surface area contributed by atoms with Gasteiger partial charge in [-0.2, -0.15) is 0 Å². The molecule has 8 nitrogen and oxygen atoms in total. The molecule has 0 spiro atoms. The molecule has 2 heterocycles. The number of ether oxygens (including phenoxy) is 1. The van der Waals surface area contributed by atoms with Gasteiger partial charge in [0.25, 0.3) is 5.91 Å². The number of amides is 3. The SMILES string of the molecule is C#Cc1ccc2nc([C@H](Cc3ccccc3)N3C(=O)N[C@H](c4ccc(OCCO)cc4)C3=O)[nH]c2c1. The van der Waals surface area contributed by atoms with Gasteiger partial charge in [-0.15, -0.1) is 6.42 Å². The van der Waals surface area contributed by atoms with Crippen molar-refractivity contribution >= 4 is 23.0 Å². The Hall–Kier alpha value is -4.61. The molecule has 2 atom stereocenters. The van der Waals surface area contributed by atoms with E-state index in [4.69, 9.17) is 21.3 Å². The molecule has 0 aliphatic carbocycles. The number of nitrogens with zero attached hydrogens (tertiary/aromatic N) is 2. The molecule has 1 fully saturated rings. The van der Waals surface area contributed by atoms with Gasteiger partial charge in [-0.3, -0.25) is 9.69 Å². The van der Waals surface area contributed by atoms with Gasteiger partial charge in [-0.05, 0) is 41.5 Å². The van der Waals surface area contributed by atoms with Crippen molar-refractivity contribution < 1.29 is 19.4 Å². The van der Waals surface area contributed by atoms with Gasteiger partial charge in [0.1, 0.15) is 30.3 Å². The highest BCUT2D eigenvalue weighted by Gasteiger charge is 2.44. The zero-order chi connectivity index (χ0) is 25.1. The summed E-state index contributed by atoms with van der Waals surface area (Å²) >= 11 is 0. The zero-order valence-electron chi connectivity index (χ0n) is 19.3. The van der Waals surface area contributed by atoms with E-state index in [1.165, 1.54) is 4.90 Å². The van der Waals surface area contributed by atoms with Gasteiger partial charge in [0, 0.05) is 12.0 Å². The highest BCUT2D eigenvalue weighted by atomic mass is 16.5. The second-order valence-corrected chi connectivity index (χ2v) is 8.44. The number of aromatic nitrogens is 2. The number of rotatable bonds is 8. The first-order valence-corrected chi connectivity index (χ1v) is 11.5. The quantitative estimate of drug-likeness (QED) is 0.264. The van der Waals surface area contributed by atoms with E-state index in [0.717, 1.165) is 11.1 Å². The molecule has 0 radical (unpaired) electrons. The van der Waals surface area contributed by atoms with Crippen molar-refractivity contribution in [3.05, 3.63) is 95.3 Å². The number of carbonyl (C=O) groups is 2. The monoisotopic (exact) mass is 480 g/mol. The molecule has 3 amide bonds. The largest absolute Gasteiger partial charge is 0.491 e. The van der Waals surface area contributed by atoms with Crippen LogP contribution in [0.1, 0.15) is 34.6 Å². The first-order valence-electron chi connectivity index (χ1n) is 11.5. The lowest BCUT2D eigenvalue weighted by Crippen LogP contribution is -2.36. The van der Waals surface area contributed by atoms with Crippen LogP contribution in [0.15, 0.2) is 72.8 Å². The van der Waals surface area contributed by atoms with E-state index in [0.29, 0.717) is 34.6 Å². The topological polar surface area (TPSA) is 108 Å². The second kappa shape index (κ2) is 9.94. The standard InChI is InChI=1S/C28H24N4O4/c1-2-18-8-13-22-23(16-18)30-26(29-22)24(17-19-6-4-3-5-7-19)32-27(34)25(31-28(32)35)20-9-11-21(12-10-20)36-15-14-33/h1,3-13,16,24-25,33H,14-15,17H2,(H,29,30)(H,31,35)/t24-,25+/m0/s1. The summed E-state index contributed by atoms with van der Waals surface area (Å²) in [6.07, 6.45) is 5.93. The highest BCUT2D eigenvalue weighted by Crippen LogP contribution is 2.33. The summed E-state index contributed by atoms with van der Waals surface area (Å²) in [4.78, 5) is 36.0. The summed E-state index contributed by atoms with van der Waals surface area (Å²) < 4.78 is 5.39. The molecule has 1 saturated heterocycles. The summed E-state index contributed by atoms with van der Waals surface area (Å²) in [5.74, 6) is 3.31. The van der Waals surface area contributed by atoms with Gasteiger partial charge in [-0.25, -0.2) is 9.78 Å². The minimum absolute atomic E-state index is 0.0947. The van der Waals surface area contributed by atoms with Crippen LogP contribution in [0.2, 0.25) is 0 Å². The number of aromatic amines is 1. The average Bonchev–Trinajstić information content (AvgIpc) is 3.46. The fourth-order valence-electron chi connectivity index (χ4n) is 4.36. The number of nitrogens with one attached hydrogen (secondary N) is 2. The van der Waals surface area contributed by atoms with Crippen LogP contribution in [0.25, 0.3) is 11.0 Å². The molecule has 4 aromatic rings. The Bertz CT molecular complexity index is 1440. The molecule has 3 aromatic carbocycles. The number of hydrogen-bond acceptors (Lipinski definition) is 5. The number of imidazole rings is 1. The lowest BCUT2D eigenvalue weighted by molar-refractivity contribution is -0.129. The number of urea groups is 1. The zero-order valence-corrected chi connectivity index (χ0v) is 19.3. The summed E-state index contributed by atoms with van der Waals surface area (Å²) in [5, 5.41) is 11.7. The Balaban J connectivity index is 1.48. The molecule has 180 valence electrons. The Kier molecular flexibility index (Phi) is 6.39. The van der Waals surface area contributed by atoms with E-state index in [1.807, 2.05) is 42.5 Å². The molecule has 0 unspecified atom stereocenters. The maximum absolute atomic E-state index is 13.6. The first kappa shape index (κ1) is 23.1. The van der Waals surface area contributed by atoms with E-state index < -0.39 is 18.1 Å². The van der Waals surface area contributed by atoms with E-state index in [-0.39, 0.29) is 19.1 Å². The average molecular weight is 481 g/mol. The van der Waals surface area contributed by atoms with Crippen molar-refractivity contribution in [2.45, 2.75) is 18.5 Å². The normalized spacial score (nSPS) is 16.1. The molecule has 1 aromatic heterocycles. The van der Waals surface area contributed by atoms with Crippen molar-refractivity contribution in [1.82, 2.24) is 20.2 Å². The summed E-state index contributed by atoms with van der Waals surface area (Å²) in [5.41, 5.74) is 3.74. The highest BCUT2D eigenvalue weighted by molar-refractivity contribution is 6.05. The maximum atomic E-state index is 13.6. The lowest BCUT2D eigenvalue weighted by atomic mass is 10.0. The number of imide groups is 1. The van der Waals surface area contributed by atoms with Crippen LogP contribution in [0, 0.1) is 12.3 Å². The molecule has 0 bridgehead atoms. The van der Waals surface area contributed by atoms with Crippen LogP contribution < -0.4 is 10.1 Å². The molecule has 1 aliphatic rings. The van der Waals surface area contributed by atoms with Crippen molar-refractivity contribution in [2.75, 3.05) is 13.2 Å². The Morgan fingerprint density at radius 1 is 1.08 bits per heavy atom. The minimum atomic E-state index is -0.833. The number of carbonyl (C=O) groups excluding carboxylic acids is 2. The van der Waals surface area contributed by atoms with Crippen LogP contribution in [0.4, 0.5) is 4.79 Å². The smallest absolute Gasteiger partial charge is 0.325 e. The Morgan fingerprint density at radius 2 is 1.86 bits per heavy atom. The minimum Gasteiger partial charge on any atom is -0.491 e. The van der Waals surface area contributed by atoms with E-state index in [2.05, 4.69) is 16.2 Å². The number of fused-ring (bicyclic) bond motifs is 1. The third-order valence-corrected chi connectivity index (χ3v) is 6.11. The molecule has 5 rings (SSSR count). The second-order valence-electron chi connectivity index (χ2n) is 8.44. The number of aliphatic hydroxyl groups excluding tert-OH is 1. The predicted octanol–water partition coefficient (Wildman–Crippen LogP) is 3.49. The Morgan fingerprint density at radius 3 is 2.58 bits per heavy atom. The number of H-pyrrole nitrogens is 1. The molecule has 0 saturated carbocycles. The maximum Gasteiger partial charge on any atom is 0.325 e. The van der Waals surface area contributed by atoms with Crippen LogP contribution >= 0.6 is 0 Å². The van der Waals surface area contributed by atoms with E-state index >= 15 is 0 Å². The van der Waals surface area contributed by atoms with Gasteiger partial charge in [0.05, 0.1) is 17.6 Å². The Labute approximate surface area is 207 Å². The van der Waals surface area contributed by atoms with Gasteiger partial charge >= 0.3 is 6.03 Å². The van der Waals surface area contributed by atoms with Gasteiger partial charge < -0.3 is 20.1 Å². The fraction of sp³-hybridized carbons (Fsp3) is 0.179. The van der Waals surface area contributed by atoms with Gasteiger partial charge in [0.2, 0.25) is 0 Å². The summed E-state index contributed by atoms with van der Waals surface area (Å²) in [7, 11) is 0. The summed E-state index contributed by atoms with van der Waals surface area (Å²) in [6.45, 7) is 0.0796. The number of aliphatic hydroxyl groups is 1. The molecule has 3 N–H and O–H groups in total. The number of terminal acetylenes is 1. The lowest BCUT2D eigenvalue weighted by Gasteiger charge is -2.24. The first-order chi connectivity index (χ1) is 17.6. The van der Waals surface area contributed by atoms with Crippen LogP contribution in [0.5, 0.6) is 5.75 Å². The third-order valence-electron chi connectivity index (χ3n) is 6.11. The van der Waals surface area contributed by atoms with Crippen LogP contribution in [0.3, 0.4) is 0 Å². The van der Waals surface area contributed by atoms with Gasteiger partial charge in [0.15, 0.2) is 0 Å². The third kappa shape index (κ3) is 4.52. The van der Waals surface area contributed by atoms with E-state index in [9.17, 15) is 9.59 Å². The van der Waals surface area contributed by atoms with E-state index in [1.54, 1.807) is 30.3 Å². The molecule has 8 heteroatoms. The van der Waals surface area contributed by atoms with Crippen LogP contribution in [-0.4, -0.2) is 45.1 Å². The van der Waals surface area contributed by atoms with Crippen molar-refractivity contribution in [3.63, 3.8) is 0 Å². The molecular formula is C28H24N4O4. The van der Waals surface area contributed by atoms with Crippen LogP contribution in [-0.2, 0) is 11.2 Å². The summed E-state index contributed by atoms with van der Waals surface area (Å²) in [6, 6.07) is 20.0. The van der Waals surface area contributed by atoms with Crippen molar-refractivity contribution in [2.24, 2.45) is 0 Å². The molecule has 1 aliphatic heterocycles. The predicted molar refractivity (Wildman–Crippen MR) is 134 cm³/mol. The fourth-order valence-corrected chi connectivity index (χ4v) is 4.36. The van der Waals surface area contributed by atoms with Crippen molar-refractivity contribution in [3.8, 4) is 18.1 Å². The number of hydrogen-bond donors (Lipinski definition) is 3. The number of benzene rings is 3. The van der Waals surface area contributed by atoms with Gasteiger partial charge in [-0.1, -0.05) is 48.4 Å². The molecular weight excluding hydrogens is 456 g/mol. The molecule has 36 heavy (non-hydrogen) atoms.